The lowest BCUT2D eigenvalue weighted by atomic mass is 10.1. The molecule has 0 aliphatic heterocycles. The van der Waals surface area contributed by atoms with Gasteiger partial charge in [-0.3, -0.25) is 0 Å². The fourth-order valence-electron chi connectivity index (χ4n) is 1.54. The lowest BCUT2D eigenvalue weighted by Crippen LogP contribution is -2.13. The van der Waals surface area contributed by atoms with Crippen LogP contribution in [0.25, 0.3) is 0 Å². The van der Waals surface area contributed by atoms with Crippen LogP contribution in [0.1, 0.15) is 16.1 Å². The van der Waals surface area contributed by atoms with Gasteiger partial charge in [0.2, 0.25) is 0 Å². The van der Waals surface area contributed by atoms with E-state index >= 15 is 0 Å². The van der Waals surface area contributed by atoms with Gasteiger partial charge in [0.25, 0.3) is 0 Å². The van der Waals surface area contributed by atoms with Crippen molar-refractivity contribution in [3.8, 4) is 0 Å². The lowest BCUT2D eigenvalue weighted by molar-refractivity contribution is 0.687. The highest BCUT2D eigenvalue weighted by atomic mass is 32.1. The first-order valence-electron chi connectivity index (χ1n) is 5.20. The van der Waals surface area contributed by atoms with Gasteiger partial charge in [-0.15, -0.1) is 11.3 Å². The Morgan fingerprint density at radius 3 is 3.00 bits per heavy atom. The van der Waals surface area contributed by atoms with E-state index in [0.717, 1.165) is 29.3 Å². The molecular weight excluding hydrogens is 218 g/mol. The zero-order valence-electron chi connectivity index (χ0n) is 9.23. The van der Waals surface area contributed by atoms with Crippen molar-refractivity contribution in [2.45, 2.75) is 20.0 Å². The number of nitrogens with zero attached hydrogens (tertiary/aromatic N) is 1. The Morgan fingerprint density at radius 2 is 2.25 bits per heavy atom. The molecule has 0 unspecified atom stereocenters. The Morgan fingerprint density at radius 1 is 1.38 bits per heavy atom. The Labute approximate surface area is 99.3 Å². The molecule has 1 aromatic heterocycles. The molecular formula is C12H15N3S. The van der Waals surface area contributed by atoms with Crippen LogP contribution in [0.3, 0.4) is 0 Å². The Hall–Kier alpha value is -1.39. The molecule has 1 heterocycles. The van der Waals surface area contributed by atoms with Gasteiger partial charge < -0.3 is 11.1 Å². The molecule has 0 atom stereocenters. The average Bonchev–Trinajstić information content (AvgIpc) is 2.77. The quantitative estimate of drug-likeness (QED) is 0.797. The molecule has 0 fully saturated rings. The fraction of sp³-hybridized carbons (Fsp3) is 0.250. The molecule has 2 rings (SSSR count). The summed E-state index contributed by atoms with van der Waals surface area (Å²) >= 11 is 1.67. The van der Waals surface area contributed by atoms with E-state index in [9.17, 15) is 0 Å². The van der Waals surface area contributed by atoms with Gasteiger partial charge in [0, 0.05) is 30.4 Å². The maximum absolute atomic E-state index is 5.85. The van der Waals surface area contributed by atoms with Gasteiger partial charge in [-0.05, 0) is 24.1 Å². The second-order valence-corrected chi connectivity index (χ2v) is 4.64. The van der Waals surface area contributed by atoms with Crippen LogP contribution in [-0.2, 0) is 13.1 Å². The Kier molecular flexibility index (Phi) is 3.54. The number of hydrogen-bond acceptors (Lipinski definition) is 4. The Bertz CT molecular complexity index is 451. The number of benzene rings is 1. The smallest absolute Gasteiger partial charge is 0.106 e. The normalized spacial score (nSPS) is 10.6. The van der Waals surface area contributed by atoms with Crippen molar-refractivity contribution < 1.29 is 0 Å². The van der Waals surface area contributed by atoms with E-state index in [4.69, 9.17) is 5.73 Å². The van der Waals surface area contributed by atoms with Crippen LogP contribution in [0.15, 0.2) is 29.8 Å². The van der Waals surface area contributed by atoms with Crippen molar-refractivity contribution >= 4 is 17.0 Å². The van der Waals surface area contributed by atoms with E-state index in [1.54, 1.807) is 11.3 Å². The third-order valence-electron chi connectivity index (χ3n) is 2.56. The van der Waals surface area contributed by atoms with Crippen LogP contribution in [0.5, 0.6) is 0 Å². The largest absolute Gasteiger partial charge is 0.399 e. The summed E-state index contributed by atoms with van der Waals surface area (Å²) in [4.78, 5) is 4.22. The van der Waals surface area contributed by atoms with E-state index in [1.807, 2.05) is 23.7 Å². The molecule has 4 heteroatoms. The predicted molar refractivity (Wildman–Crippen MR) is 68.2 cm³/mol. The summed E-state index contributed by atoms with van der Waals surface area (Å²) in [5, 5.41) is 6.47. The number of nitrogen functional groups attached to an aromatic ring is 1. The molecule has 0 spiro atoms. The number of nitrogens with one attached hydrogen (secondary N) is 1. The summed E-state index contributed by atoms with van der Waals surface area (Å²) in [6, 6.07) is 6.02. The highest BCUT2D eigenvalue weighted by Gasteiger charge is 2.01. The first-order valence-corrected chi connectivity index (χ1v) is 6.08. The molecule has 84 valence electrons. The predicted octanol–water partition coefficient (Wildman–Crippen LogP) is 2.32. The second kappa shape index (κ2) is 5.09. The number of thiazole rings is 1. The number of aromatic nitrogens is 1. The molecule has 2 aromatic rings. The maximum atomic E-state index is 5.85. The van der Waals surface area contributed by atoms with Crippen molar-refractivity contribution in [1.29, 1.82) is 0 Å². The summed E-state index contributed by atoms with van der Waals surface area (Å²) in [6.45, 7) is 3.69. The van der Waals surface area contributed by atoms with Crippen LogP contribution in [0, 0.1) is 6.92 Å². The van der Waals surface area contributed by atoms with Crippen LogP contribution < -0.4 is 11.1 Å². The van der Waals surface area contributed by atoms with Crippen LogP contribution >= 0.6 is 11.3 Å². The Balaban J connectivity index is 1.92. The van der Waals surface area contributed by atoms with Crippen LogP contribution in [0.2, 0.25) is 0 Å². The van der Waals surface area contributed by atoms with Gasteiger partial charge in [-0.25, -0.2) is 4.98 Å². The van der Waals surface area contributed by atoms with Gasteiger partial charge in [0.15, 0.2) is 0 Å². The zero-order valence-corrected chi connectivity index (χ0v) is 10.1. The van der Waals surface area contributed by atoms with E-state index in [2.05, 4.69) is 23.3 Å². The second-order valence-electron chi connectivity index (χ2n) is 3.66. The maximum Gasteiger partial charge on any atom is 0.106 e. The lowest BCUT2D eigenvalue weighted by Gasteiger charge is -2.08. The topological polar surface area (TPSA) is 50.9 Å². The van der Waals surface area contributed by atoms with Gasteiger partial charge >= 0.3 is 0 Å². The van der Waals surface area contributed by atoms with E-state index < -0.39 is 0 Å². The van der Waals surface area contributed by atoms with Crippen molar-refractivity contribution in [3.63, 3.8) is 0 Å². The average molecular weight is 233 g/mol. The van der Waals surface area contributed by atoms with E-state index in [1.165, 1.54) is 5.56 Å². The summed E-state index contributed by atoms with van der Waals surface area (Å²) in [7, 11) is 0. The summed E-state index contributed by atoms with van der Waals surface area (Å²) in [5.74, 6) is 0. The molecule has 0 saturated carbocycles. The summed E-state index contributed by atoms with van der Waals surface area (Å²) in [6.07, 6.45) is 1.83. The molecule has 16 heavy (non-hydrogen) atoms. The van der Waals surface area contributed by atoms with Crippen LogP contribution in [-0.4, -0.2) is 4.98 Å². The highest BCUT2D eigenvalue weighted by molar-refractivity contribution is 7.09. The first-order chi connectivity index (χ1) is 7.77. The molecule has 1 aromatic carbocycles. The summed E-state index contributed by atoms with van der Waals surface area (Å²) in [5.41, 5.74) is 9.11. The van der Waals surface area contributed by atoms with Crippen molar-refractivity contribution in [1.82, 2.24) is 10.3 Å². The zero-order chi connectivity index (χ0) is 11.4. The van der Waals surface area contributed by atoms with Gasteiger partial charge in [-0.2, -0.15) is 0 Å². The van der Waals surface area contributed by atoms with Gasteiger partial charge in [-0.1, -0.05) is 12.1 Å². The minimum Gasteiger partial charge on any atom is -0.399 e. The number of hydrogen-bond donors (Lipinski definition) is 2. The van der Waals surface area contributed by atoms with Gasteiger partial charge in [0.1, 0.15) is 5.01 Å². The standard InChI is InChI=1S/C12H15N3S/c1-9-10(3-2-4-11(9)13)7-14-8-12-15-5-6-16-12/h2-6,14H,7-8,13H2,1H3. The van der Waals surface area contributed by atoms with E-state index in [-0.39, 0.29) is 0 Å². The first kappa shape index (κ1) is 11.1. The molecule has 3 nitrogen and oxygen atoms in total. The minimum atomic E-state index is 0.811. The monoisotopic (exact) mass is 233 g/mol. The molecule has 0 aliphatic carbocycles. The van der Waals surface area contributed by atoms with Crippen molar-refractivity contribution in [3.05, 3.63) is 45.9 Å². The molecule has 3 N–H and O–H groups in total. The number of rotatable bonds is 4. The fourth-order valence-corrected chi connectivity index (χ4v) is 2.13. The third kappa shape index (κ3) is 2.59. The van der Waals surface area contributed by atoms with Crippen LogP contribution in [0.4, 0.5) is 5.69 Å². The molecule has 0 bridgehead atoms. The van der Waals surface area contributed by atoms with Crippen molar-refractivity contribution in [2.24, 2.45) is 0 Å². The molecule has 0 saturated heterocycles. The number of anilines is 1. The molecule has 0 aliphatic rings. The SMILES string of the molecule is Cc1c(N)cccc1CNCc1nccs1. The van der Waals surface area contributed by atoms with E-state index in [0.29, 0.717) is 0 Å². The highest BCUT2D eigenvalue weighted by Crippen LogP contribution is 2.15. The molecule has 0 amide bonds. The van der Waals surface area contributed by atoms with Gasteiger partial charge in [0.05, 0.1) is 0 Å². The van der Waals surface area contributed by atoms with Crippen molar-refractivity contribution in [2.75, 3.05) is 5.73 Å². The minimum absolute atomic E-state index is 0.811. The summed E-state index contributed by atoms with van der Waals surface area (Å²) < 4.78 is 0. The molecule has 0 radical (unpaired) electrons. The third-order valence-corrected chi connectivity index (χ3v) is 3.34. The number of nitrogens with two attached hydrogens (primary N) is 1.